The quantitative estimate of drug-likeness (QED) is 0.349. The van der Waals surface area contributed by atoms with E-state index in [1.807, 2.05) is 31.2 Å². The molecule has 2 aromatic rings. The normalized spacial score (nSPS) is 20.2. The molecule has 1 aliphatic rings. The topological polar surface area (TPSA) is 49.4 Å². The van der Waals surface area contributed by atoms with Crippen LogP contribution in [0.1, 0.15) is 19.8 Å². The van der Waals surface area contributed by atoms with E-state index >= 15 is 0 Å². The van der Waals surface area contributed by atoms with Crippen molar-refractivity contribution in [1.82, 2.24) is 4.72 Å². The lowest BCUT2D eigenvalue weighted by atomic mass is 9.88. The standard InChI is InChI=1S/C25H25Cl3N2O2S/c1-3-20(26)15-24(28)18(2)25-14-9-19(17-30(25)22-12-10-21(27)11-13-22)16-29-33(31,32)23-7-5-4-6-8-23/h1,4-8,10-13,15,19,25,29H,9,14,16-17H2,2H3/b20-15+,24-18-. The third-order valence-corrected chi connectivity index (χ3v) is 8.04. The lowest BCUT2D eigenvalue weighted by Gasteiger charge is -2.42. The van der Waals surface area contributed by atoms with Gasteiger partial charge in [0.2, 0.25) is 10.0 Å². The first-order valence-corrected chi connectivity index (χ1v) is 13.1. The number of hydrogen-bond acceptors (Lipinski definition) is 3. The van der Waals surface area contributed by atoms with Crippen molar-refractivity contribution in [3.05, 3.63) is 81.3 Å². The number of allylic oxidation sites excluding steroid dienone is 3. The average Bonchev–Trinajstić information content (AvgIpc) is 2.83. The molecule has 2 aromatic carbocycles. The molecular formula is C25H25Cl3N2O2S. The highest BCUT2D eigenvalue weighted by molar-refractivity contribution is 7.89. The van der Waals surface area contributed by atoms with Crippen molar-refractivity contribution in [2.24, 2.45) is 5.92 Å². The van der Waals surface area contributed by atoms with Gasteiger partial charge in [-0.05, 0) is 73.7 Å². The minimum absolute atomic E-state index is 0.0131. The van der Waals surface area contributed by atoms with Gasteiger partial charge in [-0.2, -0.15) is 0 Å². The van der Waals surface area contributed by atoms with Gasteiger partial charge in [-0.25, -0.2) is 13.1 Å². The first-order valence-electron chi connectivity index (χ1n) is 10.5. The first kappa shape index (κ1) is 25.7. The van der Waals surface area contributed by atoms with E-state index in [-0.39, 0.29) is 21.9 Å². The molecule has 0 bridgehead atoms. The lowest BCUT2D eigenvalue weighted by Crippen LogP contribution is -2.47. The van der Waals surface area contributed by atoms with Gasteiger partial charge in [-0.1, -0.05) is 58.9 Å². The number of hydrogen-bond donors (Lipinski definition) is 1. The number of halogens is 3. The van der Waals surface area contributed by atoms with Crippen molar-refractivity contribution in [3.63, 3.8) is 0 Å². The van der Waals surface area contributed by atoms with E-state index in [1.165, 1.54) is 0 Å². The highest BCUT2D eigenvalue weighted by Gasteiger charge is 2.31. The number of terminal acetylenes is 1. The van der Waals surface area contributed by atoms with Gasteiger partial charge in [0.05, 0.1) is 16.0 Å². The van der Waals surface area contributed by atoms with Crippen molar-refractivity contribution >= 4 is 50.5 Å². The molecule has 8 heteroatoms. The van der Waals surface area contributed by atoms with Gasteiger partial charge in [0.1, 0.15) is 0 Å². The van der Waals surface area contributed by atoms with Crippen LogP contribution in [0.15, 0.2) is 81.2 Å². The van der Waals surface area contributed by atoms with Crippen LogP contribution in [0, 0.1) is 18.3 Å². The summed E-state index contributed by atoms with van der Waals surface area (Å²) in [7, 11) is -3.56. The molecule has 0 saturated carbocycles. The summed E-state index contributed by atoms with van der Waals surface area (Å²) in [6.07, 6.45) is 8.56. The van der Waals surface area contributed by atoms with Gasteiger partial charge >= 0.3 is 0 Å². The molecule has 0 spiro atoms. The summed E-state index contributed by atoms with van der Waals surface area (Å²) in [5, 5.41) is 1.39. The molecule has 2 unspecified atom stereocenters. The zero-order valence-electron chi connectivity index (χ0n) is 18.1. The van der Waals surface area contributed by atoms with E-state index in [1.54, 1.807) is 36.4 Å². The summed E-state index contributed by atoms with van der Waals surface area (Å²) in [5.74, 6) is 2.49. The number of anilines is 1. The minimum Gasteiger partial charge on any atom is -0.364 e. The predicted octanol–water partition coefficient (Wildman–Crippen LogP) is 6.17. The third-order valence-electron chi connectivity index (χ3n) is 5.72. The molecule has 0 aliphatic carbocycles. The second-order valence-corrected chi connectivity index (χ2v) is 10.9. The van der Waals surface area contributed by atoms with Gasteiger partial charge in [0.25, 0.3) is 0 Å². The van der Waals surface area contributed by atoms with Gasteiger partial charge in [0.15, 0.2) is 0 Å². The Labute approximate surface area is 211 Å². The van der Waals surface area contributed by atoms with Crippen LogP contribution >= 0.6 is 34.8 Å². The number of benzene rings is 2. The SMILES string of the molecule is C#C/C(Cl)=C\C(Cl)=C(/C)C1CCC(CNS(=O)(=O)c2ccccc2)CN1c1ccc(Cl)cc1. The largest absolute Gasteiger partial charge is 0.364 e. The molecular weight excluding hydrogens is 499 g/mol. The van der Waals surface area contributed by atoms with Crippen LogP contribution in [0.4, 0.5) is 5.69 Å². The number of rotatable bonds is 7. The molecule has 0 amide bonds. The van der Waals surface area contributed by atoms with Crippen LogP contribution < -0.4 is 9.62 Å². The van der Waals surface area contributed by atoms with E-state index in [4.69, 9.17) is 41.2 Å². The average molecular weight is 524 g/mol. The maximum atomic E-state index is 12.7. The molecule has 4 nitrogen and oxygen atoms in total. The van der Waals surface area contributed by atoms with Crippen molar-refractivity contribution in [1.29, 1.82) is 0 Å². The van der Waals surface area contributed by atoms with Crippen LogP contribution in [0.2, 0.25) is 5.02 Å². The Morgan fingerprint density at radius 3 is 2.45 bits per heavy atom. The highest BCUT2D eigenvalue weighted by atomic mass is 35.5. The van der Waals surface area contributed by atoms with Gasteiger partial charge in [-0.15, -0.1) is 6.42 Å². The Morgan fingerprint density at radius 2 is 1.82 bits per heavy atom. The van der Waals surface area contributed by atoms with Crippen LogP contribution in [-0.4, -0.2) is 27.5 Å². The fraction of sp³-hybridized carbons (Fsp3) is 0.280. The monoisotopic (exact) mass is 522 g/mol. The summed E-state index contributed by atoms with van der Waals surface area (Å²) in [6, 6.07) is 16.0. The summed E-state index contributed by atoms with van der Waals surface area (Å²) in [6.45, 7) is 2.95. The van der Waals surface area contributed by atoms with E-state index in [9.17, 15) is 8.42 Å². The second-order valence-electron chi connectivity index (χ2n) is 7.92. The third kappa shape index (κ3) is 6.79. The second kappa shape index (κ2) is 11.5. The van der Waals surface area contributed by atoms with Crippen LogP contribution in [0.3, 0.4) is 0 Å². The van der Waals surface area contributed by atoms with Crippen molar-refractivity contribution in [2.45, 2.75) is 30.7 Å². The number of nitrogens with zero attached hydrogens (tertiary/aromatic N) is 1. The van der Waals surface area contributed by atoms with E-state index in [0.717, 1.165) is 24.1 Å². The molecule has 1 fully saturated rings. The zero-order chi connectivity index (χ0) is 24.0. The number of piperidine rings is 1. The summed E-state index contributed by atoms with van der Waals surface area (Å²) < 4.78 is 28.1. The molecule has 2 atom stereocenters. The Balaban J connectivity index is 1.82. The lowest BCUT2D eigenvalue weighted by molar-refractivity contribution is 0.373. The van der Waals surface area contributed by atoms with E-state index in [0.29, 0.717) is 23.1 Å². The van der Waals surface area contributed by atoms with Crippen molar-refractivity contribution < 1.29 is 8.42 Å². The van der Waals surface area contributed by atoms with Crippen LogP contribution in [0.25, 0.3) is 0 Å². The molecule has 0 radical (unpaired) electrons. The number of sulfonamides is 1. The predicted molar refractivity (Wildman–Crippen MR) is 138 cm³/mol. The molecule has 1 aliphatic heterocycles. The summed E-state index contributed by atoms with van der Waals surface area (Å²) in [4.78, 5) is 2.49. The Kier molecular flexibility index (Phi) is 8.92. The molecule has 0 aromatic heterocycles. The zero-order valence-corrected chi connectivity index (χ0v) is 21.2. The molecule has 33 heavy (non-hydrogen) atoms. The van der Waals surface area contributed by atoms with Crippen molar-refractivity contribution in [3.8, 4) is 12.3 Å². The van der Waals surface area contributed by atoms with Crippen LogP contribution in [0.5, 0.6) is 0 Å². The Bertz CT molecular complexity index is 1170. The van der Waals surface area contributed by atoms with Gasteiger partial charge < -0.3 is 4.90 Å². The maximum Gasteiger partial charge on any atom is 0.240 e. The fourth-order valence-electron chi connectivity index (χ4n) is 3.92. The smallest absolute Gasteiger partial charge is 0.240 e. The molecule has 3 rings (SSSR count). The molecule has 1 N–H and O–H groups in total. The van der Waals surface area contributed by atoms with E-state index < -0.39 is 10.0 Å². The van der Waals surface area contributed by atoms with Crippen LogP contribution in [-0.2, 0) is 10.0 Å². The molecule has 174 valence electrons. The Morgan fingerprint density at radius 1 is 1.15 bits per heavy atom. The first-order chi connectivity index (χ1) is 15.7. The molecule has 1 heterocycles. The fourth-order valence-corrected chi connectivity index (χ4v) is 5.58. The van der Waals surface area contributed by atoms with Gasteiger partial charge in [0, 0.05) is 28.8 Å². The van der Waals surface area contributed by atoms with E-state index in [2.05, 4.69) is 15.5 Å². The highest BCUT2D eigenvalue weighted by Crippen LogP contribution is 2.34. The van der Waals surface area contributed by atoms with Gasteiger partial charge in [-0.3, -0.25) is 0 Å². The van der Waals surface area contributed by atoms with Crippen molar-refractivity contribution in [2.75, 3.05) is 18.0 Å². The maximum absolute atomic E-state index is 12.7. The summed E-state index contributed by atoms with van der Waals surface area (Å²) in [5.41, 5.74) is 1.93. The molecule has 1 saturated heterocycles. The summed E-state index contributed by atoms with van der Waals surface area (Å²) >= 11 is 18.6. The minimum atomic E-state index is -3.56. The number of nitrogens with one attached hydrogen (secondary N) is 1. The Hall–Kier alpha value is -1.94.